The summed E-state index contributed by atoms with van der Waals surface area (Å²) in [5.41, 5.74) is 2.25. The van der Waals surface area contributed by atoms with Crippen molar-refractivity contribution in [3.63, 3.8) is 0 Å². The molecule has 0 saturated carbocycles. The molecule has 1 heterocycles. The quantitative estimate of drug-likeness (QED) is 0.416. The summed E-state index contributed by atoms with van der Waals surface area (Å²) >= 11 is 0. The molecule has 0 spiro atoms. The lowest BCUT2D eigenvalue weighted by atomic mass is 10.0. The zero-order valence-electron chi connectivity index (χ0n) is 9.78. The lowest BCUT2D eigenvalue weighted by Crippen LogP contribution is -2.18. The van der Waals surface area contributed by atoms with Crippen molar-refractivity contribution in [2.45, 2.75) is 19.8 Å². The van der Waals surface area contributed by atoms with Gasteiger partial charge in [0, 0.05) is 13.2 Å². The minimum Gasteiger partial charge on any atom is -0.396 e. The maximum atomic E-state index is 13.3. The number of halogens is 1. The van der Waals surface area contributed by atoms with Gasteiger partial charge >= 0.3 is 0 Å². The number of hydrogen-bond acceptors (Lipinski definition) is 6. The average Bonchev–Trinajstić information content (AvgIpc) is 2.36. The van der Waals surface area contributed by atoms with Gasteiger partial charge in [-0.2, -0.15) is 4.98 Å². The Morgan fingerprint density at radius 2 is 2.35 bits per heavy atom. The Bertz CT molecular complexity index is 349. The first-order chi connectivity index (χ1) is 8.21. The number of nitrogens with one attached hydrogen (secondary N) is 2. The van der Waals surface area contributed by atoms with Crippen LogP contribution in [0.3, 0.4) is 0 Å². The van der Waals surface area contributed by atoms with E-state index in [-0.39, 0.29) is 24.3 Å². The highest BCUT2D eigenvalue weighted by Crippen LogP contribution is 2.14. The third kappa shape index (κ3) is 4.12. The Labute approximate surface area is 99.4 Å². The van der Waals surface area contributed by atoms with Crippen molar-refractivity contribution in [3.8, 4) is 0 Å². The summed E-state index contributed by atoms with van der Waals surface area (Å²) in [4.78, 5) is 7.50. The van der Waals surface area contributed by atoms with Crippen molar-refractivity contribution >= 4 is 11.8 Å². The molecule has 96 valence electrons. The van der Waals surface area contributed by atoms with Gasteiger partial charge in [-0.3, -0.25) is 5.43 Å². The molecule has 0 aliphatic heterocycles. The Hall–Kier alpha value is -1.47. The summed E-state index contributed by atoms with van der Waals surface area (Å²) < 4.78 is 13.3. The van der Waals surface area contributed by atoms with E-state index in [1.807, 2.05) is 6.92 Å². The van der Waals surface area contributed by atoms with Crippen LogP contribution in [-0.2, 0) is 0 Å². The molecule has 7 heteroatoms. The van der Waals surface area contributed by atoms with Crippen LogP contribution in [0.1, 0.15) is 19.8 Å². The summed E-state index contributed by atoms with van der Waals surface area (Å²) in [7, 11) is 0. The summed E-state index contributed by atoms with van der Waals surface area (Å²) in [5.74, 6) is 5.17. The summed E-state index contributed by atoms with van der Waals surface area (Å²) in [6.45, 7) is 2.70. The van der Waals surface area contributed by atoms with E-state index in [0.717, 1.165) is 12.6 Å². The van der Waals surface area contributed by atoms with E-state index < -0.39 is 5.82 Å². The van der Waals surface area contributed by atoms with Crippen molar-refractivity contribution in [1.82, 2.24) is 9.97 Å². The van der Waals surface area contributed by atoms with Gasteiger partial charge in [0.05, 0.1) is 6.20 Å². The highest BCUT2D eigenvalue weighted by atomic mass is 19.1. The molecule has 1 aromatic rings. The number of hydrazine groups is 1. The van der Waals surface area contributed by atoms with E-state index in [9.17, 15) is 4.39 Å². The molecular formula is C10H18FN5O. The second kappa shape index (κ2) is 6.97. The number of aliphatic hydroxyl groups is 1. The van der Waals surface area contributed by atoms with Crippen LogP contribution in [0.4, 0.5) is 16.2 Å². The monoisotopic (exact) mass is 243 g/mol. The topological polar surface area (TPSA) is 96.1 Å². The zero-order valence-corrected chi connectivity index (χ0v) is 9.78. The first-order valence-electron chi connectivity index (χ1n) is 5.55. The molecular weight excluding hydrogens is 225 g/mol. The van der Waals surface area contributed by atoms with Crippen LogP contribution < -0.4 is 16.6 Å². The molecule has 1 aromatic heterocycles. The van der Waals surface area contributed by atoms with Crippen LogP contribution in [-0.4, -0.2) is 28.2 Å². The van der Waals surface area contributed by atoms with Crippen LogP contribution in [0.5, 0.6) is 0 Å². The summed E-state index contributed by atoms with van der Waals surface area (Å²) in [6, 6.07) is 0. The second-order valence-corrected chi connectivity index (χ2v) is 3.70. The molecule has 0 fully saturated rings. The molecule has 0 bridgehead atoms. The number of aliphatic hydroxyl groups excluding tert-OH is 1. The number of nitrogen functional groups attached to an aromatic ring is 1. The normalized spacial score (nSPS) is 12.2. The van der Waals surface area contributed by atoms with Gasteiger partial charge < -0.3 is 10.4 Å². The lowest BCUT2D eigenvalue weighted by Gasteiger charge is -2.15. The maximum absolute atomic E-state index is 13.3. The van der Waals surface area contributed by atoms with Crippen molar-refractivity contribution in [3.05, 3.63) is 12.0 Å². The van der Waals surface area contributed by atoms with Crippen molar-refractivity contribution in [1.29, 1.82) is 0 Å². The molecule has 1 atom stereocenters. The van der Waals surface area contributed by atoms with Crippen LogP contribution in [0.15, 0.2) is 6.20 Å². The van der Waals surface area contributed by atoms with Gasteiger partial charge in [-0.05, 0) is 12.3 Å². The smallest absolute Gasteiger partial charge is 0.239 e. The molecule has 0 aliphatic rings. The lowest BCUT2D eigenvalue weighted by molar-refractivity contribution is 0.258. The van der Waals surface area contributed by atoms with Crippen LogP contribution in [0.25, 0.3) is 0 Å². The molecule has 0 amide bonds. The predicted octanol–water partition coefficient (Wildman–Crippen LogP) is 0.722. The Morgan fingerprint density at radius 3 is 2.94 bits per heavy atom. The number of nitrogens with zero attached hydrogens (tertiary/aromatic N) is 2. The molecule has 0 saturated heterocycles. The molecule has 1 unspecified atom stereocenters. The molecule has 5 N–H and O–H groups in total. The number of anilines is 2. The third-order valence-corrected chi connectivity index (χ3v) is 2.55. The third-order valence-electron chi connectivity index (χ3n) is 2.55. The molecule has 6 nitrogen and oxygen atoms in total. The second-order valence-electron chi connectivity index (χ2n) is 3.70. The first kappa shape index (κ1) is 13.6. The van der Waals surface area contributed by atoms with Gasteiger partial charge in [0.1, 0.15) is 0 Å². The van der Waals surface area contributed by atoms with Gasteiger partial charge in [0.15, 0.2) is 11.6 Å². The van der Waals surface area contributed by atoms with Crippen LogP contribution in [0.2, 0.25) is 0 Å². The van der Waals surface area contributed by atoms with Crippen LogP contribution >= 0.6 is 0 Å². The minimum absolute atomic E-state index is 0.115. The predicted molar refractivity (Wildman–Crippen MR) is 63.8 cm³/mol. The molecule has 0 aromatic carbocycles. The van der Waals surface area contributed by atoms with Crippen molar-refractivity contribution in [2.75, 3.05) is 23.9 Å². The highest BCUT2D eigenvalue weighted by Gasteiger charge is 2.09. The van der Waals surface area contributed by atoms with Crippen LogP contribution in [0, 0.1) is 11.7 Å². The molecule has 0 aliphatic carbocycles. The molecule has 0 radical (unpaired) electrons. The fourth-order valence-electron chi connectivity index (χ4n) is 1.43. The van der Waals surface area contributed by atoms with Gasteiger partial charge in [0.2, 0.25) is 5.95 Å². The number of nitrogens with two attached hydrogens (primary N) is 1. The maximum Gasteiger partial charge on any atom is 0.239 e. The van der Waals surface area contributed by atoms with E-state index in [0.29, 0.717) is 13.0 Å². The number of aromatic nitrogens is 2. The van der Waals surface area contributed by atoms with Gasteiger partial charge in [0.25, 0.3) is 0 Å². The highest BCUT2D eigenvalue weighted by molar-refractivity contribution is 5.40. The van der Waals surface area contributed by atoms with E-state index in [4.69, 9.17) is 10.9 Å². The Balaban J connectivity index is 2.60. The van der Waals surface area contributed by atoms with E-state index in [1.165, 1.54) is 0 Å². The molecule has 1 rings (SSSR count). The van der Waals surface area contributed by atoms with Crippen molar-refractivity contribution in [2.24, 2.45) is 11.8 Å². The Morgan fingerprint density at radius 1 is 1.59 bits per heavy atom. The fraction of sp³-hybridized carbons (Fsp3) is 0.600. The largest absolute Gasteiger partial charge is 0.396 e. The van der Waals surface area contributed by atoms with Gasteiger partial charge in [-0.1, -0.05) is 13.3 Å². The van der Waals surface area contributed by atoms with E-state index in [2.05, 4.69) is 20.7 Å². The standard InChI is InChI=1S/C10H18FN5O/c1-2-7(3-4-17)5-13-9-8(11)6-14-10(15-9)16-12/h6-7,17H,2-5,12H2,1H3,(H2,13,14,15,16). The number of hydrogen-bond donors (Lipinski definition) is 4. The van der Waals surface area contributed by atoms with Gasteiger partial charge in [-0.15, -0.1) is 0 Å². The first-order valence-corrected chi connectivity index (χ1v) is 5.55. The van der Waals surface area contributed by atoms with Gasteiger partial charge in [-0.25, -0.2) is 15.2 Å². The number of rotatable bonds is 7. The SMILES string of the molecule is CCC(CCO)CNc1nc(NN)ncc1F. The van der Waals surface area contributed by atoms with E-state index >= 15 is 0 Å². The average molecular weight is 243 g/mol. The van der Waals surface area contributed by atoms with E-state index in [1.54, 1.807) is 0 Å². The zero-order chi connectivity index (χ0) is 12.7. The summed E-state index contributed by atoms with van der Waals surface area (Å²) in [5, 5.41) is 11.7. The summed E-state index contributed by atoms with van der Waals surface area (Å²) in [6.07, 6.45) is 2.64. The molecule has 17 heavy (non-hydrogen) atoms. The minimum atomic E-state index is -0.525. The van der Waals surface area contributed by atoms with Crippen molar-refractivity contribution < 1.29 is 9.50 Å². The fourth-order valence-corrected chi connectivity index (χ4v) is 1.43. The Kier molecular flexibility index (Phi) is 5.58.